The molecule has 0 saturated heterocycles. The Morgan fingerprint density at radius 2 is 1.88 bits per heavy atom. The lowest BCUT2D eigenvalue weighted by Crippen LogP contribution is -2.33. The van der Waals surface area contributed by atoms with Crippen molar-refractivity contribution in [3.05, 3.63) is 63.7 Å². The Morgan fingerprint density at radius 3 is 2.42 bits per heavy atom. The third-order valence-corrected chi connectivity index (χ3v) is 3.12. The topological polar surface area (TPSA) is 76.7 Å². The quantitative estimate of drug-likeness (QED) is 0.474. The number of carbonyl (C=O) groups excluding carboxylic acids is 1. The van der Waals surface area contributed by atoms with Crippen molar-refractivity contribution in [1.29, 1.82) is 0 Å². The molecule has 0 aliphatic carbocycles. The Hall–Kier alpha value is -3.10. The van der Waals surface area contributed by atoms with Gasteiger partial charge >= 0.3 is 18.2 Å². The van der Waals surface area contributed by atoms with Crippen molar-refractivity contribution < 1.29 is 36.6 Å². The molecule has 0 spiro atoms. The number of aryl methyl sites for hydroxylation is 1. The lowest BCUT2D eigenvalue weighted by Gasteiger charge is -2.16. The monoisotopic (exact) mass is 372 g/mol. The fraction of sp³-hybridized carbons (Fsp3) is 0.176. The predicted molar refractivity (Wildman–Crippen MR) is 82.8 cm³/mol. The summed E-state index contributed by atoms with van der Waals surface area (Å²) in [5.74, 6) is -1.73. The van der Waals surface area contributed by atoms with Crippen LogP contribution in [0, 0.1) is 6.92 Å². The van der Waals surface area contributed by atoms with E-state index >= 15 is 0 Å². The van der Waals surface area contributed by atoms with Crippen LogP contribution in [0.1, 0.15) is 21.7 Å². The zero-order chi connectivity index (χ0) is 19.5. The molecule has 0 bridgehead atoms. The van der Waals surface area contributed by atoms with Crippen LogP contribution in [0.15, 0.2) is 45.6 Å². The Bertz CT molecular complexity index is 885. The number of benzene rings is 1. The third-order valence-electron chi connectivity index (χ3n) is 3.12. The largest absolute Gasteiger partial charge is 0.507 e. The van der Waals surface area contributed by atoms with E-state index in [-0.39, 0.29) is 5.76 Å². The van der Waals surface area contributed by atoms with Crippen molar-refractivity contribution in [3.63, 3.8) is 0 Å². The summed E-state index contributed by atoms with van der Waals surface area (Å²) in [6, 6.07) is 5.60. The highest BCUT2D eigenvalue weighted by atomic mass is 19.3. The van der Waals surface area contributed by atoms with Crippen LogP contribution < -0.4 is 10.4 Å². The highest BCUT2D eigenvalue weighted by molar-refractivity contribution is 6.08. The smallest absolute Gasteiger partial charge is 0.461 e. The molecule has 1 heterocycles. The van der Waals surface area contributed by atoms with Crippen molar-refractivity contribution in [3.8, 4) is 11.5 Å². The first-order valence-electron chi connectivity index (χ1n) is 7.11. The maximum Gasteiger partial charge on any atom is 0.461 e. The second kappa shape index (κ2) is 7.42. The first-order chi connectivity index (χ1) is 12.1. The summed E-state index contributed by atoms with van der Waals surface area (Å²) in [6.45, 7) is 1.42. The number of aromatic hydroxyl groups is 1. The van der Waals surface area contributed by atoms with E-state index in [0.29, 0.717) is 5.56 Å². The normalized spacial score (nSPS) is 11.9. The van der Waals surface area contributed by atoms with Crippen LogP contribution in [0.5, 0.6) is 11.5 Å². The molecular weight excluding hydrogens is 360 g/mol. The van der Waals surface area contributed by atoms with Gasteiger partial charge in [0.25, 0.3) is 0 Å². The van der Waals surface area contributed by atoms with E-state index in [2.05, 4.69) is 4.74 Å². The average Bonchev–Trinajstić information content (AvgIpc) is 2.52. The number of hydrogen-bond acceptors (Lipinski definition) is 5. The van der Waals surface area contributed by atoms with E-state index in [1.165, 1.54) is 25.1 Å². The SMILES string of the molecule is Cc1cc(O)c(C(=O)C=Cc2ccc(OC(F)(F)C(F)F)cc2)c(=O)o1. The number of alkyl halides is 4. The summed E-state index contributed by atoms with van der Waals surface area (Å²) in [5, 5.41) is 9.67. The van der Waals surface area contributed by atoms with Gasteiger partial charge in [-0.25, -0.2) is 4.79 Å². The molecule has 0 radical (unpaired) electrons. The minimum Gasteiger partial charge on any atom is -0.507 e. The summed E-state index contributed by atoms with van der Waals surface area (Å²) in [7, 11) is 0. The Balaban J connectivity index is 2.14. The first-order valence-corrected chi connectivity index (χ1v) is 7.11. The maximum atomic E-state index is 12.8. The van der Waals surface area contributed by atoms with Crippen LogP contribution in [-0.2, 0) is 0 Å². The van der Waals surface area contributed by atoms with Crippen molar-refractivity contribution in [1.82, 2.24) is 0 Å². The van der Waals surface area contributed by atoms with Gasteiger partial charge in [0, 0.05) is 6.07 Å². The fourth-order valence-corrected chi connectivity index (χ4v) is 1.93. The highest BCUT2D eigenvalue weighted by Crippen LogP contribution is 2.27. The van der Waals surface area contributed by atoms with Crippen LogP contribution in [0.3, 0.4) is 0 Å². The molecule has 0 fully saturated rings. The second-order valence-electron chi connectivity index (χ2n) is 5.14. The number of halogens is 4. The number of ether oxygens (including phenoxy) is 1. The molecule has 0 unspecified atom stereocenters. The molecular formula is C17H12F4O5. The molecule has 2 rings (SSSR count). The van der Waals surface area contributed by atoms with Crippen LogP contribution in [-0.4, -0.2) is 23.4 Å². The highest BCUT2D eigenvalue weighted by Gasteiger charge is 2.43. The number of carbonyl (C=O) groups is 1. The van der Waals surface area contributed by atoms with Gasteiger partial charge in [-0.1, -0.05) is 18.2 Å². The van der Waals surface area contributed by atoms with Crippen LogP contribution in [0.2, 0.25) is 0 Å². The molecule has 1 aromatic heterocycles. The van der Waals surface area contributed by atoms with E-state index in [1.807, 2.05) is 0 Å². The summed E-state index contributed by atoms with van der Waals surface area (Å²) >= 11 is 0. The van der Waals surface area contributed by atoms with Gasteiger partial charge in [-0.15, -0.1) is 0 Å². The summed E-state index contributed by atoms with van der Waals surface area (Å²) in [6.07, 6.45) is -6.40. The fourth-order valence-electron chi connectivity index (χ4n) is 1.93. The number of ketones is 1. The predicted octanol–water partition coefficient (Wildman–Crippen LogP) is 3.79. The zero-order valence-corrected chi connectivity index (χ0v) is 13.2. The van der Waals surface area contributed by atoms with Gasteiger partial charge in [0.15, 0.2) is 5.78 Å². The number of hydrogen-bond donors (Lipinski definition) is 1. The standard InChI is InChI=1S/C17H12F4O5/c1-9-8-13(23)14(15(24)25-9)12(22)7-4-10-2-5-11(6-3-10)26-17(20,21)16(18)19/h2-8,16,23H,1H3. The van der Waals surface area contributed by atoms with Crippen LogP contribution in [0.4, 0.5) is 17.6 Å². The summed E-state index contributed by atoms with van der Waals surface area (Å²) in [4.78, 5) is 23.6. The molecule has 1 N–H and O–H groups in total. The van der Waals surface area contributed by atoms with Crippen molar-refractivity contribution in [2.45, 2.75) is 19.5 Å². The van der Waals surface area contributed by atoms with E-state index in [9.17, 15) is 32.3 Å². The van der Waals surface area contributed by atoms with E-state index in [0.717, 1.165) is 24.3 Å². The molecule has 26 heavy (non-hydrogen) atoms. The van der Waals surface area contributed by atoms with Crippen molar-refractivity contribution >= 4 is 11.9 Å². The molecule has 0 saturated carbocycles. The molecule has 138 valence electrons. The van der Waals surface area contributed by atoms with Gasteiger partial charge in [0.2, 0.25) is 0 Å². The van der Waals surface area contributed by atoms with Gasteiger partial charge in [-0.2, -0.15) is 17.6 Å². The molecule has 0 aliphatic heterocycles. The van der Waals surface area contributed by atoms with Crippen molar-refractivity contribution in [2.24, 2.45) is 0 Å². The minimum atomic E-state index is -4.62. The summed E-state index contributed by atoms with van der Waals surface area (Å²) in [5.41, 5.74) is -1.22. The molecule has 0 aliphatic rings. The second-order valence-corrected chi connectivity index (χ2v) is 5.14. The van der Waals surface area contributed by atoms with Crippen molar-refractivity contribution in [2.75, 3.05) is 0 Å². The Kier molecular flexibility index (Phi) is 5.49. The van der Waals surface area contributed by atoms with Crippen LogP contribution >= 0.6 is 0 Å². The van der Waals surface area contributed by atoms with Gasteiger partial charge < -0.3 is 14.3 Å². The lowest BCUT2D eigenvalue weighted by atomic mass is 10.1. The number of rotatable bonds is 6. The first kappa shape index (κ1) is 19.2. The van der Waals surface area contributed by atoms with Gasteiger partial charge in [-0.3, -0.25) is 4.79 Å². The maximum absolute atomic E-state index is 12.8. The minimum absolute atomic E-state index is 0.129. The zero-order valence-electron chi connectivity index (χ0n) is 13.2. The molecule has 5 nitrogen and oxygen atoms in total. The molecule has 9 heteroatoms. The van der Waals surface area contributed by atoms with Crippen LogP contribution in [0.25, 0.3) is 6.08 Å². The van der Waals surface area contributed by atoms with Gasteiger partial charge in [0.05, 0.1) is 0 Å². The molecule has 0 amide bonds. The third kappa shape index (κ3) is 4.50. The van der Waals surface area contributed by atoms with E-state index in [4.69, 9.17) is 4.42 Å². The molecule has 0 atom stereocenters. The van der Waals surface area contributed by atoms with E-state index in [1.54, 1.807) is 0 Å². The average molecular weight is 372 g/mol. The Labute approximate surface area is 144 Å². The summed E-state index contributed by atoms with van der Waals surface area (Å²) < 4.78 is 58.3. The molecule has 1 aromatic carbocycles. The van der Waals surface area contributed by atoms with Gasteiger partial charge in [0.1, 0.15) is 22.8 Å². The Morgan fingerprint density at radius 1 is 1.27 bits per heavy atom. The van der Waals surface area contributed by atoms with E-state index < -0.39 is 41.0 Å². The number of allylic oxidation sites excluding steroid dienone is 1. The lowest BCUT2D eigenvalue weighted by molar-refractivity contribution is -0.253. The van der Waals surface area contributed by atoms with Gasteiger partial charge in [-0.05, 0) is 30.7 Å². The molecule has 2 aromatic rings.